The van der Waals surface area contributed by atoms with Gasteiger partial charge < -0.3 is 15.2 Å². The van der Waals surface area contributed by atoms with Gasteiger partial charge in [0.15, 0.2) is 0 Å². The first-order chi connectivity index (χ1) is 7.26. The monoisotopic (exact) mass is 210 g/mol. The molecule has 1 aromatic heterocycles. The average Bonchev–Trinajstić information content (AvgIpc) is 2.27. The summed E-state index contributed by atoms with van der Waals surface area (Å²) >= 11 is 0. The molecule has 0 aliphatic carbocycles. The molecule has 1 atom stereocenters. The van der Waals surface area contributed by atoms with Crippen molar-refractivity contribution in [1.29, 1.82) is 0 Å². The van der Waals surface area contributed by atoms with E-state index in [1.165, 1.54) is 0 Å². The average molecular weight is 210 g/mol. The van der Waals surface area contributed by atoms with E-state index >= 15 is 0 Å². The second-order valence-electron chi connectivity index (χ2n) is 3.49. The van der Waals surface area contributed by atoms with E-state index in [0.29, 0.717) is 6.04 Å². The maximum Gasteiger partial charge on any atom is 0.137 e. The minimum absolute atomic E-state index is 0.238. The lowest BCUT2D eigenvalue weighted by Crippen LogP contribution is -2.16. The highest BCUT2D eigenvalue weighted by Gasteiger charge is 2.02. The van der Waals surface area contributed by atoms with Crippen LogP contribution < -0.4 is 10.1 Å². The van der Waals surface area contributed by atoms with Crippen LogP contribution in [0.1, 0.15) is 19.8 Å². The van der Waals surface area contributed by atoms with Crippen molar-refractivity contribution < 1.29 is 9.84 Å². The number of aromatic nitrogens is 1. The van der Waals surface area contributed by atoms with Crippen LogP contribution in [0.3, 0.4) is 0 Å². The van der Waals surface area contributed by atoms with Crippen LogP contribution in [0.2, 0.25) is 0 Å². The molecule has 2 N–H and O–H groups in total. The standard InChI is InChI=1S/C11H18N2O2/c1-9(4-3-7-14)13-11-6-5-10(15-2)8-12-11/h5-6,8-9,14H,3-4,7H2,1-2H3,(H,12,13). The van der Waals surface area contributed by atoms with Crippen LogP contribution in [-0.4, -0.2) is 29.8 Å². The predicted octanol–water partition coefficient (Wildman–Crippen LogP) is 1.66. The Morgan fingerprint density at radius 1 is 1.53 bits per heavy atom. The van der Waals surface area contributed by atoms with Crippen LogP contribution in [0.25, 0.3) is 0 Å². The molecular weight excluding hydrogens is 192 g/mol. The molecule has 1 unspecified atom stereocenters. The topological polar surface area (TPSA) is 54.4 Å². The van der Waals surface area contributed by atoms with Crippen molar-refractivity contribution in [3.05, 3.63) is 18.3 Å². The largest absolute Gasteiger partial charge is 0.495 e. The zero-order valence-electron chi connectivity index (χ0n) is 9.23. The van der Waals surface area contributed by atoms with E-state index in [-0.39, 0.29) is 6.61 Å². The number of aliphatic hydroxyl groups excluding tert-OH is 1. The van der Waals surface area contributed by atoms with E-state index in [0.717, 1.165) is 24.4 Å². The molecule has 4 nitrogen and oxygen atoms in total. The molecule has 0 aromatic carbocycles. The molecule has 0 fully saturated rings. The van der Waals surface area contributed by atoms with Crippen molar-refractivity contribution in [2.75, 3.05) is 19.0 Å². The number of ether oxygens (including phenoxy) is 1. The highest BCUT2D eigenvalue weighted by atomic mass is 16.5. The summed E-state index contributed by atoms with van der Waals surface area (Å²) in [6, 6.07) is 4.07. The molecular formula is C11H18N2O2. The molecule has 0 amide bonds. The molecule has 0 radical (unpaired) electrons. The summed E-state index contributed by atoms with van der Waals surface area (Å²) in [6.45, 7) is 2.31. The van der Waals surface area contributed by atoms with Crippen LogP contribution in [0.5, 0.6) is 5.75 Å². The molecule has 1 rings (SSSR count). The molecule has 1 heterocycles. The predicted molar refractivity (Wildman–Crippen MR) is 60.2 cm³/mol. The van der Waals surface area contributed by atoms with Crippen LogP contribution in [-0.2, 0) is 0 Å². The highest BCUT2D eigenvalue weighted by Crippen LogP contribution is 2.12. The Hall–Kier alpha value is -1.29. The molecule has 84 valence electrons. The Kier molecular flexibility index (Phi) is 4.90. The Bertz CT molecular complexity index is 274. The number of anilines is 1. The Labute approximate surface area is 90.3 Å². The number of nitrogens with one attached hydrogen (secondary N) is 1. The van der Waals surface area contributed by atoms with Gasteiger partial charge in [0.05, 0.1) is 13.3 Å². The summed E-state index contributed by atoms with van der Waals surface area (Å²) < 4.78 is 5.02. The quantitative estimate of drug-likeness (QED) is 0.749. The summed E-state index contributed by atoms with van der Waals surface area (Å²) in [5, 5.41) is 11.9. The minimum atomic E-state index is 0.238. The molecule has 4 heteroatoms. The molecule has 0 aliphatic rings. The first-order valence-electron chi connectivity index (χ1n) is 5.13. The van der Waals surface area contributed by atoms with Crippen LogP contribution in [0, 0.1) is 0 Å². The second-order valence-corrected chi connectivity index (χ2v) is 3.49. The number of aliphatic hydroxyl groups is 1. The fourth-order valence-corrected chi connectivity index (χ4v) is 1.31. The SMILES string of the molecule is COc1ccc(NC(C)CCCO)nc1. The van der Waals surface area contributed by atoms with E-state index in [1.807, 2.05) is 12.1 Å². The van der Waals surface area contributed by atoms with Crippen LogP contribution in [0.15, 0.2) is 18.3 Å². The number of nitrogens with zero attached hydrogens (tertiary/aromatic N) is 1. The van der Waals surface area contributed by atoms with Gasteiger partial charge in [-0.15, -0.1) is 0 Å². The Morgan fingerprint density at radius 2 is 2.33 bits per heavy atom. The van der Waals surface area contributed by atoms with Gasteiger partial charge in [-0.3, -0.25) is 0 Å². The third-order valence-corrected chi connectivity index (χ3v) is 2.16. The van der Waals surface area contributed by atoms with Crippen LogP contribution >= 0.6 is 0 Å². The lowest BCUT2D eigenvalue weighted by molar-refractivity contribution is 0.282. The van der Waals surface area contributed by atoms with Gasteiger partial charge in [-0.1, -0.05) is 0 Å². The lowest BCUT2D eigenvalue weighted by atomic mass is 10.2. The van der Waals surface area contributed by atoms with Crippen molar-refractivity contribution in [2.45, 2.75) is 25.8 Å². The first kappa shape index (κ1) is 11.8. The summed E-state index contributed by atoms with van der Waals surface area (Å²) in [5.41, 5.74) is 0. The van der Waals surface area contributed by atoms with Crippen molar-refractivity contribution >= 4 is 5.82 Å². The zero-order chi connectivity index (χ0) is 11.1. The maximum absolute atomic E-state index is 8.69. The number of pyridine rings is 1. The second kappa shape index (κ2) is 6.24. The summed E-state index contributed by atoms with van der Waals surface area (Å²) in [4.78, 5) is 4.20. The van der Waals surface area contributed by atoms with Gasteiger partial charge in [0.2, 0.25) is 0 Å². The summed E-state index contributed by atoms with van der Waals surface area (Å²) in [7, 11) is 1.62. The summed E-state index contributed by atoms with van der Waals surface area (Å²) in [6.07, 6.45) is 3.43. The van der Waals surface area contributed by atoms with Gasteiger partial charge in [0.1, 0.15) is 11.6 Å². The molecule has 0 bridgehead atoms. The van der Waals surface area contributed by atoms with Crippen molar-refractivity contribution in [2.24, 2.45) is 0 Å². The molecule has 0 saturated heterocycles. The van der Waals surface area contributed by atoms with Crippen molar-refractivity contribution in [3.8, 4) is 5.75 Å². The van der Waals surface area contributed by atoms with E-state index in [1.54, 1.807) is 13.3 Å². The van der Waals surface area contributed by atoms with E-state index in [9.17, 15) is 0 Å². The van der Waals surface area contributed by atoms with E-state index in [4.69, 9.17) is 9.84 Å². The third kappa shape index (κ3) is 4.16. The first-order valence-corrected chi connectivity index (χ1v) is 5.13. The molecule has 1 aromatic rings. The zero-order valence-corrected chi connectivity index (χ0v) is 9.23. The Balaban J connectivity index is 2.42. The van der Waals surface area contributed by atoms with Gasteiger partial charge in [0, 0.05) is 12.6 Å². The lowest BCUT2D eigenvalue weighted by Gasteiger charge is -2.13. The molecule has 0 saturated carbocycles. The number of methoxy groups -OCH3 is 1. The van der Waals surface area contributed by atoms with Gasteiger partial charge >= 0.3 is 0 Å². The fourth-order valence-electron chi connectivity index (χ4n) is 1.31. The number of rotatable bonds is 6. The van der Waals surface area contributed by atoms with Gasteiger partial charge in [-0.05, 0) is 31.9 Å². The van der Waals surface area contributed by atoms with Crippen LogP contribution in [0.4, 0.5) is 5.82 Å². The molecule has 0 aliphatic heterocycles. The highest BCUT2D eigenvalue weighted by molar-refractivity contribution is 5.38. The van der Waals surface area contributed by atoms with Crippen molar-refractivity contribution in [3.63, 3.8) is 0 Å². The minimum Gasteiger partial charge on any atom is -0.495 e. The van der Waals surface area contributed by atoms with Gasteiger partial charge in [0.25, 0.3) is 0 Å². The number of hydrogen-bond donors (Lipinski definition) is 2. The normalized spacial score (nSPS) is 12.2. The van der Waals surface area contributed by atoms with Gasteiger partial charge in [-0.25, -0.2) is 4.98 Å². The van der Waals surface area contributed by atoms with E-state index in [2.05, 4.69) is 17.2 Å². The smallest absolute Gasteiger partial charge is 0.137 e. The van der Waals surface area contributed by atoms with E-state index < -0.39 is 0 Å². The van der Waals surface area contributed by atoms with Crippen molar-refractivity contribution in [1.82, 2.24) is 4.98 Å². The maximum atomic E-state index is 8.69. The summed E-state index contributed by atoms with van der Waals surface area (Å²) in [5.74, 6) is 1.59. The molecule has 15 heavy (non-hydrogen) atoms. The third-order valence-electron chi connectivity index (χ3n) is 2.16. The molecule has 0 spiro atoms. The van der Waals surface area contributed by atoms with Gasteiger partial charge in [-0.2, -0.15) is 0 Å². The Morgan fingerprint density at radius 3 is 2.87 bits per heavy atom. The number of hydrogen-bond acceptors (Lipinski definition) is 4. The fraction of sp³-hybridized carbons (Fsp3) is 0.545.